The summed E-state index contributed by atoms with van der Waals surface area (Å²) in [6.45, 7) is 5.74. The molecule has 32 heavy (non-hydrogen) atoms. The Morgan fingerprint density at radius 3 is 2.09 bits per heavy atom. The maximum Gasteiger partial charge on any atom is 0.328 e. The topological polar surface area (TPSA) is 93.7 Å². The van der Waals surface area contributed by atoms with Crippen molar-refractivity contribution in [2.75, 3.05) is 7.11 Å². The summed E-state index contributed by atoms with van der Waals surface area (Å²) < 4.78 is 10.7. The standard InChI is InChI=1S/C25H32N2O5/c1-17(2)14-22(26-18(3)28)24(29)27-23(25(30)31-4)15-19-10-12-21(13-11-19)32-16-20-8-6-5-7-9-20/h5-13,17,22-23H,14-16H2,1-4H3,(H,26,28)(H,27,29)/t22-,23+/m0/s1. The van der Waals surface area contributed by atoms with Crippen LogP contribution in [0.1, 0.15) is 38.3 Å². The molecule has 172 valence electrons. The lowest BCUT2D eigenvalue weighted by Gasteiger charge is -2.23. The predicted octanol–water partition coefficient (Wildman–Crippen LogP) is 3.02. The molecule has 2 aromatic rings. The van der Waals surface area contributed by atoms with Crippen molar-refractivity contribution in [3.8, 4) is 5.75 Å². The zero-order chi connectivity index (χ0) is 23.5. The molecule has 2 amide bonds. The molecule has 0 aliphatic heterocycles. The van der Waals surface area contributed by atoms with E-state index < -0.39 is 24.0 Å². The van der Waals surface area contributed by atoms with E-state index in [1.807, 2.05) is 68.4 Å². The first-order valence-corrected chi connectivity index (χ1v) is 10.7. The lowest BCUT2D eigenvalue weighted by Crippen LogP contribution is -2.52. The van der Waals surface area contributed by atoms with Crippen molar-refractivity contribution in [1.29, 1.82) is 0 Å². The fourth-order valence-corrected chi connectivity index (χ4v) is 3.25. The minimum atomic E-state index is -0.869. The number of rotatable bonds is 11. The molecule has 0 fully saturated rings. The molecule has 2 N–H and O–H groups in total. The van der Waals surface area contributed by atoms with Crippen LogP contribution in [0.4, 0.5) is 0 Å². The second kappa shape index (κ2) is 12.5. The summed E-state index contributed by atoms with van der Waals surface area (Å²) in [7, 11) is 1.28. The van der Waals surface area contributed by atoms with Gasteiger partial charge >= 0.3 is 5.97 Å². The van der Waals surface area contributed by atoms with E-state index in [0.717, 1.165) is 11.1 Å². The number of methoxy groups -OCH3 is 1. The molecule has 0 aliphatic carbocycles. The number of hydrogen-bond acceptors (Lipinski definition) is 5. The molecule has 7 nitrogen and oxygen atoms in total. The first-order chi connectivity index (χ1) is 15.3. The summed E-state index contributed by atoms with van der Waals surface area (Å²) >= 11 is 0. The molecule has 0 spiro atoms. The van der Waals surface area contributed by atoms with Crippen LogP contribution >= 0.6 is 0 Å². The average molecular weight is 441 g/mol. The van der Waals surface area contributed by atoms with Crippen LogP contribution in [0, 0.1) is 5.92 Å². The van der Waals surface area contributed by atoms with Crippen LogP contribution in [0.5, 0.6) is 5.75 Å². The highest BCUT2D eigenvalue weighted by Crippen LogP contribution is 2.16. The highest BCUT2D eigenvalue weighted by atomic mass is 16.5. The van der Waals surface area contributed by atoms with E-state index in [4.69, 9.17) is 9.47 Å². The first kappa shape index (κ1) is 24.9. The second-order valence-corrected chi connectivity index (χ2v) is 8.09. The molecule has 0 aliphatic rings. The summed E-state index contributed by atoms with van der Waals surface area (Å²) in [4.78, 5) is 36.5. The Morgan fingerprint density at radius 1 is 0.875 bits per heavy atom. The van der Waals surface area contributed by atoms with Crippen molar-refractivity contribution in [2.24, 2.45) is 5.92 Å². The van der Waals surface area contributed by atoms with Gasteiger partial charge in [0.25, 0.3) is 0 Å². The fourth-order valence-electron chi connectivity index (χ4n) is 3.25. The van der Waals surface area contributed by atoms with Gasteiger partial charge in [-0.3, -0.25) is 9.59 Å². The molecule has 0 aromatic heterocycles. The number of esters is 1. The summed E-state index contributed by atoms with van der Waals surface area (Å²) in [6.07, 6.45) is 0.721. The number of benzene rings is 2. The number of hydrogen-bond donors (Lipinski definition) is 2. The van der Waals surface area contributed by atoms with E-state index in [1.165, 1.54) is 14.0 Å². The lowest BCUT2D eigenvalue weighted by molar-refractivity contribution is -0.145. The van der Waals surface area contributed by atoms with Gasteiger partial charge in [0, 0.05) is 13.3 Å². The van der Waals surface area contributed by atoms with Crippen molar-refractivity contribution in [3.05, 3.63) is 65.7 Å². The van der Waals surface area contributed by atoms with Crippen molar-refractivity contribution < 1.29 is 23.9 Å². The molecule has 0 bridgehead atoms. The van der Waals surface area contributed by atoms with Gasteiger partial charge in [0.05, 0.1) is 7.11 Å². The number of ether oxygens (including phenoxy) is 2. The molecule has 0 heterocycles. The number of amides is 2. The molecular formula is C25H32N2O5. The Kier molecular flexibility index (Phi) is 9.73. The van der Waals surface area contributed by atoms with Gasteiger partial charge in [0.15, 0.2) is 0 Å². The summed E-state index contributed by atoms with van der Waals surface area (Å²) in [5.41, 5.74) is 1.91. The Bertz CT molecular complexity index is 881. The van der Waals surface area contributed by atoms with Gasteiger partial charge in [-0.15, -0.1) is 0 Å². The Balaban J connectivity index is 2.02. The SMILES string of the molecule is COC(=O)[C@@H](Cc1ccc(OCc2ccccc2)cc1)NC(=O)[C@H](CC(C)C)NC(C)=O. The minimum Gasteiger partial charge on any atom is -0.489 e. The molecule has 0 saturated carbocycles. The molecule has 0 radical (unpaired) electrons. The van der Waals surface area contributed by atoms with Gasteiger partial charge in [-0.05, 0) is 35.6 Å². The van der Waals surface area contributed by atoms with Crippen LogP contribution in [0.3, 0.4) is 0 Å². The number of carbonyl (C=O) groups excluding carboxylic acids is 3. The third-order valence-corrected chi connectivity index (χ3v) is 4.81. The second-order valence-electron chi connectivity index (χ2n) is 8.09. The van der Waals surface area contributed by atoms with Crippen LogP contribution in [-0.4, -0.2) is 37.0 Å². The number of nitrogens with one attached hydrogen (secondary N) is 2. The van der Waals surface area contributed by atoms with Gasteiger partial charge in [-0.1, -0.05) is 56.3 Å². The molecular weight excluding hydrogens is 408 g/mol. The van der Waals surface area contributed by atoms with E-state index in [1.54, 1.807) is 0 Å². The van der Waals surface area contributed by atoms with Crippen LogP contribution < -0.4 is 15.4 Å². The molecule has 7 heteroatoms. The van der Waals surface area contributed by atoms with Crippen molar-refractivity contribution in [3.63, 3.8) is 0 Å². The summed E-state index contributed by atoms with van der Waals surface area (Å²) in [5, 5.41) is 5.38. The van der Waals surface area contributed by atoms with Gasteiger partial charge < -0.3 is 20.1 Å². The van der Waals surface area contributed by atoms with E-state index >= 15 is 0 Å². The third kappa shape index (κ3) is 8.41. The van der Waals surface area contributed by atoms with Crippen LogP contribution in [0.25, 0.3) is 0 Å². The lowest BCUT2D eigenvalue weighted by atomic mass is 10.0. The average Bonchev–Trinajstić information content (AvgIpc) is 2.77. The molecule has 0 saturated heterocycles. The van der Waals surface area contributed by atoms with Gasteiger partial charge in [-0.25, -0.2) is 4.79 Å². The van der Waals surface area contributed by atoms with Gasteiger partial charge in [-0.2, -0.15) is 0 Å². The summed E-state index contributed by atoms with van der Waals surface area (Å²) in [6, 6.07) is 15.6. The van der Waals surface area contributed by atoms with E-state index in [9.17, 15) is 14.4 Å². The minimum absolute atomic E-state index is 0.192. The Labute approximate surface area is 189 Å². The van der Waals surface area contributed by atoms with Crippen LogP contribution in [0.2, 0.25) is 0 Å². The zero-order valence-corrected chi connectivity index (χ0v) is 19.1. The smallest absolute Gasteiger partial charge is 0.328 e. The van der Waals surface area contributed by atoms with E-state index in [2.05, 4.69) is 10.6 Å². The first-order valence-electron chi connectivity index (χ1n) is 10.7. The van der Waals surface area contributed by atoms with Crippen LogP contribution in [0.15, 0.2) is 54.6 Å². The number of carbonyl (C=O) groups is 3. The highest BCUT2D eigenvalue weighted by Gasteiger charge is 2.27. The van der Waals surface area contributed by atoms with E-state index in [0.29, 0.717) is 18.8 Å². The fraction of sp³-hybridized carbons (Fsp3) is 0.400. The van der Waals surface area contributed by atoms with Crippen molar-refractivity contribution in [2.45, 2.75) is 52.3 Å². The molecule has 2 aromatic carbocycles. The predicted molar refractivity (Wildman–Crippen MR) is 122 cm³/mol. The zero-order valence-electron chi connectivity index (χ0n) is 19.1. The Hall–Kier alpha value is -3.35. The normalized spacial score (nSPS) is 12.5. The maximum absolute atomic E-state index is 12.8. The largest absolute Gasteiger partial charge is 0.489 e. The van der Waals surface area contributed by atoms with Crippen LogP contribution in [-0.2, 0) is 32.1 Å². The van der Waals surface area contributed by atoms with Gasteiger partial charge in [0.2, 0.25) is 11.8 Å². The molecule has 0 unspecified atom stereocenters. The third-order valence-electron chi connectivity index (χ3n) is 4.81. The van der Waals surface area contributed by atoms with Crippen molar-refractivity contribution in [1.82, 2.24) is 10.6 Å². The van der Waals surface area contributed by atoms with E-state index in [-0.39, 0.29) is 18.2 Å². The molecule has 2 atom stereocenters. The van der Waals surface area contributed by atoms with Crippen molar-refractivity contribution >= 4 is 17.8 Å². The summed E-state index contributed by atoms with van der Waals surface area (Å²) in [5.74, 6) is -0.357. The quantitative estimate of drug-likeness (QED) is 0.524. The maximum atomic E-state index is 12.8. The molecule has 2 rings (SSSR count). The van der Waals surface area contributed by atoms with Gasteiger partial charge in [0.1, 0.15) is 24.4 Å². The monoisotopic (exact) mass is 440 g/mol. The highest BCUT2D eigenvalue weighted by molar-refractivity contribution is 5.90. The Morgan fingerprint density at radius 2 is 1.53 bits per heavy atom.